The van der Waals surface area contributed by atoms with Crippen LogP contribution in [0.5, 0.6) is 0 Å². The van der Waals surface area contributed by atoms with E-state index in [-0.39, 0.29) is 17.9 Å². The molecule has 8 nitrogen and oxygen atoms in total. The van der Waals surface area contributed by atoms with E-state index in [1.807, 2.05) is 30.5 Å². The molecule has 5 rings (SSSR count). The topological polar surface area (TPSA) is 96.9 Å². The van der Waals surface area contributed by atoms with Crippen molar-refractivity contribution in [2.75, 3.05) is 39.0 Å². The smallest absolute Gasteiger partial charge is 0.225 e. The van der Waals surface area contributed by atoms with Crippen LogP contribution in [-0.2, 0) is 9.63 Å². The standard InChI is InChI=1S/C29H36N6O2/c1-20(23-7-12-31-27(30)18-23)34-13-10-22(11-14-34)29(36)35-15-8-21(9-16-35)28(33-37-2)26-17-24-5-3-4-6-25(24)19-32-26/h3-7,12,17-22H,8-11,13-16H2,1-2H3,(H2,30,31)/b33-28+. The van der Waals surface area contributed by atoms with E-state index in [1.54, 1.807) is 13.3 Å². The molecule has 37 heavy (non-hydrogen) atoms. The minimum Gasteiger partial charge on any atom is -0.399 e. The highest BCUT2D eigenvalue weighted by molar-refractivity contribution is 6.02. The molecule has 2 fully saturated rings. The van der Waals surface area contributed by atoms with Crippen LogP contribution in [-0.4, -0.2) is 64.7 Å². The summed E-state index contributed by atoms with van der Waals surface area (Å²) in [6, 6.07) is 14.5. The Labute approximate surface area is 218 Å². The molecule has 194 valence electrons. The zero-order chi connectivity index (χ0) is 25.8. The lowest BCUT2D eigenvalue weighted by Crippen LogP contribution is -2.46. The molecule has 1 unspecified atom stereocenters. The largest absolute Gasteiger partial charge is 0.399 e. The van der Waals surface area contributed by atoms with Gasteiger partial charge in [0.05, 0.1) is 5.69 Å². The van der Waals surface area contributed by atoms with Crippen LogP contribution in [0, 0.1) is 11.8 Å². The molecule has 3 aromatic rings. The number of piperidine rings is 2. The molecule has 2 aliphatic heterocycles. The summed E-state index contributed by atoms with van der Waals surface area (Å²) in [5.41, 5.74) is 8.77. The third-order valence-electron chi connectivity index (χ3n) is 7.99. The number of hydrogen-bond donors (Lipinski definition) is 1. The Morgan fingerprint density at radius 1 is 1.00 bits per heavy atom. The Morgan fingerprint density at radius 2 is 1.70 bits per heavy atom. The van der Waals surface area contributed by atoms with Crippen molar-refractivity contribution in [1.82, 2.24) is 19.8 Å². The van der Waals surface area contributed by atoms with Crippen LogP contribution in [0.1, 0.15) is 49.9 Å². The predicted molar refractivity (Wildman–Crippen MR) is 146 cm³/mol. The number of carbonyl (C=O) groups excluding carboxylic acids is 1. The van der Waals surface area contributed by atoms with Crippen LogP contribution in [0.15, 0.2) is 60.0 Å². The van der Waals surface area contributed by atoms with Gasteiger partial charge in [-0.05, 0) is 74.8 Å². The Morgan fingerprint density at radius 3 is 2.41 bits per heavy atom. The maximum atomic E-state index is 13.4. The molecule has 2 aliphatic rings. The number of aromatic nitrogens is 2. The molecule has 2 N–H and O–H groups in total. The fraction of sp³-hybridized carbons (Fsp3) is 0.448. The van der Waals surface area contributed by atoms with Gasteiger partial charge in [0.2, 0.25) is 5.91 Å². The fourth-order valence-electron chi connectivity index (χ4n) is 5.75. The van der Waals surface area contributed by atoms with Crippen LogP contribution in [0.3, 0.4) is 0 Å². The van der Waals surface area contributed by atoms with Crippen LogP contribution in [0.4, 0.5) is 5.82 Å². The molecule has 0 radical (unpaired) electrons. The van der Waals surface area contributed by atoms with Gasteiger partial charge in [-0.1, -0.05) is 29.4 Å². The minimum atomic E-state index is 0.0942. The van der Waals surface area contributed by atoms with E-state index in [0.29, 0.717) is 11.7 Å². The fourth-order valence-corrected chi connectivity index (χ4v) is 5.75. The first-order valence-corrected chi connectivity index (χ1v) is 13.2. The minimum absolute atomic E-state index is 0.0942. The van der Waals surface area contributed by atoms with Crippen molar-refractivity contribution in [2.45, 2.75) is 38.6 Å². The van der Waals surface area contributed by atoms with Gasteiger partial charge >= 0.3 is 0 Å². The van der Waals surface area contributed by atoms with Gasteiger partial charge in [-0.3, -0.25) is 14.7 Å². The van der Waals surface area contributed by atoms with E-state index < -0.39 is 0 Å². The zero-order valence-corrected chi connectivity index (χ0v) is 21.7. The number of likely N-dealkylation sites (tertiary alicyclic amines) is 2. The maximum absolute atomic E-state index is 13.4. The Hall–Kier alpha value is -3.52. The van der Waals surface area contributed by atoms with Crippen LogP contribution in [0.2, 0.25) is 0 Å². The molecule has 2 saturated heterocycles. The Balaban J connectivity index is 1.17. The highest BCUT2D eigenvalue weighted by Crippen LogP contribution is 2.30. The van der Waals surface area contributed by atoms with Crippen LogP contribution < -0.4 is 5.73 Å². The van der Waals surface area contributed by atoms with Crippen molar-refractivity contribution in [3.8, 4) is 0 Å². The molecular formula is C29H36N6O2. The van der Waals surface area contributed by atoms with Crippen molar-refractivity contribution in [1.29, 1.82) is 0 Å². The van der Waals surface area contributed by atoms with Gasteiger partial charge in [-0.15, -0.1) is 0 Å². The number of amides is 1. The second-order valence-corrected chi connectivity index (χ2v) is 10.2. The van der Waals surface area contributed by atoms with Gasteiger partial charge in [-0.25, -0.2) is 4.98 Å². The highest BCUT2D eigenvalue weighted by Gasteiger charge is 2.33. The van der Waals surface area contributed by atoms with Crippen LogP contribution >= 0.6 is 0 Å². The second kappa shape index (κ2) is 11.3. The van der Waals surface area contributed by atoms with E-state index >= 15 is 0 Å². The van der Waals surface area contributed by atoms with Crippen LogP contribution in [0.25, 0.3) is 10.8 Å². The molecular weight excluding hydrogens is 464 g/mol. The molecule has 1 aromatic carbocycles. The van der Waals surface area contributed by atoms with E-state index in [9.17, 15) is 4.79 Å². The van der Waals surface area contributed by atoms with E-state index in [0.717, 1.165) is 74.0 Å². The number of benzene rings is 1. The van der Waals surface area contributed by atoms with E-state index in [1.165, 1.54) is 5.56 Å². The maximum Gasteiger partial charge on any atom is 0.225 e. The summed E-state index contributed by atoms with van der Waals surface area (Å²) in [6.45, 7) is 5.51. The zero-order valence-electron chi connectivity index (χ0n) is 21.7. The first-order valence-electron chi connectivity index (χ1n) is 13.2. The quantitative estimate of drug-likeness (QED) is 0.401. The Kier molecular flexibility index (Phi) is 7.65. The summed E-state index contributed by atoms with van der Waals surface area (Å²) >= 11 is 0. The van der Waals surface area contributed by atoms with Crippen molar-refractivity contribution >= 4 is 28.2 Å². The average molecular weight is 501 g/mol. The molecule has 0 aliphatic carbocycles. The van der Waals surface area contributed by atoms with Crippen molar-refractivity contribution in [3.63, 3.8) is 0 Å². The molecule has 0 spiro atoms. The number of anilines is 1. The van der Waals surface area contributed by atoms with E-state index in [2.05, 4.69) is 50.0 Å². The number of pyridine rings is 2. The summed E-state index contributed by atoms with van der Waals surface area (Å²) < 4.78 is 0. The summed E-state index contributed by atoms with van der Waals surface area (Å²) in [6.07, 6.45) is 7.16. The van der Waals surface area contributed by atoms with Gasteiger partial charge in [0.25, 0.3) is 0 Å². The molecule has 0 saturated carbocycles. The molecule has 0 bridgehead atoms. The lowest BCUT2D eigenvalue weighted by molar-refractivity contribution is -0.138. The second-order valence-electron chi connectivity index (χ2n) is 10.2. The molecule has 1 amide bonds. The van der Waals surface area contributed by atoms with Crippen molar-refractivity contribution in [2.24, 2.45) is 17.0 Å². The first-order chi connectivity index (χ1) is 18.0. The predicted octanol–water partition coefficient (Wildman–Crippen LogP) is 4.27. The monoisotopic (exact) mass is 500 g/mol. The Bertz CT molecular complexity index is 1260. The highest BCUT2D eigenvalue weighted by atomic mass is 16.6. The summed E-state index contributed by atoms with van der Waals surface area (Å²) in [4.78, 5) is 31.9. The summed E-state index contributed by atoms with van der Waals surface area (Å²) in [5.74, 6) is 1.16. The molecule has 2 aromatic heterocycles. The summed E-state index contributed by atoms with van der Waals surface area (Å²) in [5, 5.41) is 6.61. The number of nitrogens with zero attached hydrogens (tertiary/aromatic N) is 5. The number of nitrogens with two attached hydrogens (primary N) is 1. The number of rotatable bonds is 6. The van der Waals surface area contributed by atoms with Gasteiger partial charge in [0, 0.05) is 48.7 Å². The lowest BCUT2D eigenvalue weighted by atomic mass is 9.88. The number of oxime groups is 1. The average Bonchev–Trinajstić information content (AvgIpc) is 2.95. The summed E-state index contributed by atoms with van der Waals surface area (Å²) in [7, 11) is 1.58. The van der Waals surface area contributed by atoms with Gasteiger partial charge in [0.1, 0.15) is 18.6 Å². The lowest BCUT2D eigenvalue weighted by Gasteiger charge is -2.39. The number of fused-ring (bicyclic) bond motifs is 1. The SMILES string of the molecule is CO/N=C(/c1cc2ccccc2cn1)C1CCN(C(=O)C2CCN(C(C)c3ccnc(N)c3)CC2)CC1. The van der Waals surface area contributed by atoms with Crippen molar-refractivity contribution < 1.29 is 9.63 Å². The van der Waals surface area contributed by atoms with Gasteiger partial charge in [-0.2, -0.15) is 0 Å². The normalized spacial score (nSPS) is 19.2. The number of hydrogen-bond acceptors (Lipinski definition) is 7. The third-order valence-corrected chi connectivity index (χ3v) is 7.99. The van der Waals surface area contributed by atoms with E-state index in [4.69, 9.17) is 10.6 Å². The van der Waals surface area contributed by atoms with Gasteiger partial charge in [0.15, 0.2) is 0 Å². The van der Waals surface area contributed by atoms with Gasteiger partial charge < -0.3 is 15.5 Å². The first kappa shape index (κ1) is 25.1. The number of carbonyl (C=O) groups is 1. The molecule has 8 heteroatoms. The number of nitrogen functional groups attached to an aromatic ring is 1. The molecule has 1 atom stereocenters. The molecule has 4 heterocycles. The van der Waals surface area contributed by atoms with Crippen molar-refractivity contribution in [3.05, 3.63) is 66.1 Å². The third kappa shape index (κ3) is 5.59.